The minimum Gasteiger partial charge on any atom is -0.394 e. The summed E-state index contributed by atoms with van der Waals surface area (Å²) < 4.78 is 0. The number of piperidine rings is 1. The van der Waals surface area contributed by atoms with E-state index in [4.69, 9.17) is 0 Å². The van der Waals surface area contributed by atoms with Crippen LogP contribution in [0.15, 0.2) is 0 Å². The summed E-state index contributed by atoms with van der Waals surface area (Å²) in [6, 6.07) is 0.0631. The van der Waals surface area contributed by atoms with Gasteiger partial charge in [0.15, 0.2) is 0 Å². The molecule has 0 saturated carbocycles. The van der Waals surface area contributed by atoms with Crippen LogP contribution in [0.3, 0.4) is 0 Å². The zero-order valence-electron chi connectivity index (χ0n) is 11.5. The van der Waals surface area contributed by atoms with Crippen LogP contribution in [0.25, 0.3) is 0 Å². The molecule has 2 aliphatic rings. The van der Waals surface area contributed by atoms with Crippen LogP contribution in [0.4, 0.5) is 0 Å². The monoisotopic (exact) mass is 254 g/mol. The molecule has 2 atom stereocenters. The van der Waals surface area contributed by atoms with Crippen LogP contribution >= 0.6 is 0 Å². The highest BCUT2D eigenvalue weighted by atomic mass is 16.3. The van der Waals surface area contributed by atoms with Crippen molar-refractivity contribution in [2.45, 2.75) is 51.5 Å². The van der Waals surface area contributed by atoms with Crippen LogP contribution in [-0.4, -0.2) is 48.2 Å². The number of nitrogens with one attached hydrogen (secondary N) is 1. The third kappa shape index (κ3) is 2.54. The Kier molecular flexibility index (Phi) is 4.62. The van der Waals surface area contributed by atoms with E-state index in [-0.39, 0.29) is 24.0 Å². The van der Waals surface area contributed by atoms with Crippen molar-refractivity contribution in [2.75, 3.05) is 26.2 Å². The van der Waals surface area contributed by atoms with E-state index >= 15 is 0 Å². The average molecular weight is 254 g/mol. The van der Waals surface area contributed by atoms with E-state index in [9.17, 15) is 9.90 Å². The van der Waals surface area contributed by atoms with Gasteiger partial charge in [-0.1, -0.05) is 13.3 Å². The van der Waals surface area contributed by atoms with Crippen molar-refractivity contribution in [1.82, 2.24) is 10.2 Å². The molecule has 2 N–H and O–H groups in total. The van der Waals surface area contributed by atoms with E-state index in [2.05, 4.69) is 12.2 Å². The molecule has 0 aromatic heterocycles. The summed E-state index contributed by atoms with van der Waals surface area (Å²) in [4.78, 5) is 14.8. The van der Waals surface area contributed by atoms with Gasteiger partial charge >= 0.3 is 0 Å². The highest BCUT2D eigenvalue weighted by Crippen LogP contribution is 2.36. The van der Waals surface area contributed by atoms with Crippen molar-refractivity contribution in [1.29, 1.82) is 0 Å². The summed E-state index contributed by atoms with van der Waals surface area (Å²) in [7, 11) is 0. The average Bonchev–Trinajstić information content (AvgIpc) is 2.87. The quantitative estimate of drug-likeness (QED) is 0.791. The molecule has 2 heterocycles. The molecule has 0 aromatic carbocycles. The van der Waals surface area contributed by atoms with E-state index in [0.29, 0.717) is 0 Å². The maximum atomic E-state index is 12.9. The third-order valence-electron chi connectivity index (χ3n) is 4.50. The van der Waals surface area contributed by atoms with Crippen LogP contribution in [0, 0.1) is 5.41 Å². The molecule has 1 amide bonds. The fraction of sp³-hybridized carbons (Fsp3) is 0.929. The summed E-state index contributed by atoms with van der Waals surface area (Å²) in [6.07, 6.45) is 6.09. The fourth-order valence-corrected chi connectivity index (χ4v) is 3.55. The number of nitrogens with zero attached hydrogens (tertiary/aromatic N) is 1. The molecule has 104 valence electrons. The van der Waals surface area contributed by atoms with Gasteiger partial charge in [0.25, 0.3) is 0 Å². The van der Waals surface area contributed by atoms with Crippen molar-refractivity contribution in [3.63, 3.8) is 0 Å². The van der Waals surface area contributed by atoms with E-state index < -0.39 is 0 Å². The van der Waals surface area contributed by atoms with E-state index in [0.717, 1.165) is 58.2 Å². The summed E-state index contributed by atoms with van der Waals surface area (Å²) in [5.74, 6) is 0.285. The third-order valence-corrected chi connectivity index (χ3v) is 4.50. The first-order chi connectivity index (χ1) is 8.73. The smallest absolute Gasteiger partial charge is 0.230 e. The predicted octanol–water partition coefficient (Wildman–Crippen LogP) is 1.14. The van der Waals surface area contributed by atoms with Crippen molar-refractivity contribution >= 4 is 5.91 Å². The van der Waals surface area contributed by atoms with Gasteiger partial charge in [-0.25, -0.2) is 0 Å². The topological polar surface area (TPSA) is 52.6 Å². The molecule has 18 heavy (non-hydrogen) atoms. The van der Waals surface area contributed by atoms with Crippen molar-refractivity contribution in [3.05, 3.63) is 0 Å². The van der Waals surface area contributed by atoms with Gasteiger partial charge in [0.05, 0.1) is 18.1 Å². The van der Waals surface area contributed by atoms with Crippen LogP contribution in [0.1, 0.15) is 45.4 Å². The second kappa shape index (κ2) is 6.02. The fourth-order valence-electron chi connectivity index (χ4n) is 3.55. The molecule has 0 bridgehead atoms. The molecular weight excluding hydrogens is 228 g/mol. The first kappa shape index (κ1) is 13.8. The van der Waals surface area contributed by atoms with E-state index in [1.54, 1.807) is 0 Å². The Morgan fingerprint density at radius 1 is 1.50 bits per heavy atom. The van der Waals surface area contributed by atoms with Crippen LogP contribution in [-0.2, 0) is 4.79 Å². The SMILES string of the molecule is CCCC1(C(=O)N2CCC[C@H]2CO)CCCNC1. The highest BCUT2D eigenvalue weighted by molar-refractivity contribution is 5.83. The molecule has 0 spiro atoms. The molecule has 2 rings (SSSR count). The summed E-state index contributed by atoms with van der Waals surface area (Å²) >= 11 is 0. The van der Waals surface area contributed by atoms with Gasteiger partial charge in [0.2, 0.25) is 5.91 Å². The maximum Gasteiger partial charge on any atom is 0.230 e. The zero-order chi connectivity index (χ0) is 13.0. The number of carbonyl (C=O) groups is 1. The molecule has 0 radical (unpaired) electrons. The highest BCUT2D eigenvalue weighted by Gasteiger charge is 2.43. The van der Waals surface area contributed by atoms with Crippen molar-refractivity contribution in [3.8, 4) is 0 Å². The van der Waals surface area contributed by atoms with Gasteiger partial charge in [0.1, 0.15) is 0 Å². The number of hydrogen-bond donors (Lipinski definition) is 2. The van der Waals surface area contributed by atoms with E-state index in [1.165, 1.54) is 0 Å². The Morgan fingerprint density at radius 3 is 2.94 bits per heavy atom. The normalized spacial score (nSPS) is 32.8. The molecule has 0 aliphatic carbocycles. The van der Waals surface area contributed by atoms with Gasteiger partial charge in [-0.2, -0.15) is 0 Å². The van der Waals surface area contributed by atoms with Gasteiger partial charge in [-0.05, 0) is 38.6 Å². The van der Waals surface area contributed by atoms with Crippen LogP contribution in [0.5, 0.6) is 0 Å². The maximum absolute atomic E-state index is 12.9. The first-order valence-electron chi connectivity index (χ1n) is 7.36. The molecule has 4 nitrogen and oxygen atoms in total. The lowest BCUT2D eigenvalue weighted by atomic mass is 9.75. The molecule has 2 saturated heterocycles. The number of likely N-dealkylation sites (tertiary alicyclic amines) is 1. The Bertz CT molecular complexity index is 282. The molecule has 2 aliphatic heterocycles. The molecule has 4 heteroatoms. The standard InChI is InChI=1S/C14H26N2O2/c1-2-6-14(7-4-8-15-11-14)13(18)16-9-3-5-12(16)10-17/h12,15,17H,2-11H2,1H3/t12-,14?/m0/s1. The lowest BCUT2D eigenvalue weighted by Crippen LogP contribution is -2.53. The van der Waals surface area contributed by atoms with Gasteiger partial charge in [-0.15, -0.1) is 0 Å². The minimum atomic E-state index is -0.204. The Balaban J connectivity index is 2.12. The number of aliphatic hydroxyl groups is 1. The van der Waals surface area contributed by atoms with Crippen LogP contribution in [0.2, 0.25) is 0 Å². The molecule has 1 unspecified atom stereocenters. The zero-order valence-corrected chi connectivity index (χ0v) is 11.5. The Labute approximate surface area is 110 Å². The molecule has 0 aromatic rings. The molecular formula is C14H26N2O2. The van der Waals surface area contributed by atoms with E-state index in [1.807, 2.05) is 4.90 Å². The number of rotatable bonds is 4. The second-order valence-corrected chi connectivity index (χ2v) is 5.79. The summed E-state index contributed by atoms with van der Waals surface area (Å²) in [6.45, 7) is 4.94. The van der Waals surface area contributed by atoms with Crippen molar-refractivity contribution < 1.29 is 9.90 Å². The largest absolute Gasteiger partial charge is 0.394 e. The van der Waals surface area contributed by atoms with Crippen molar-refractivity contribution in [2.24, 2.45) is 5.41 Å². The number of hydrogen-bond acceptors (Lipinski definition) is 3. The first-order valence-corrected chi connectivity index (χ1v) is 7.36. The Morgan fingerprint density at radius 2 is 2.33 bits per heavy atom. The number of carbonyl (C=O) groups excluding carboxylic acids is 1. The summed E-state index contributed by atoms with van der Waals surface area (Å²) in [5.41, 5.74) is -0.204. The molecule has 2 fully saturated rings. The lowest BCUT2D eigenvalue weighted by Gasteiger charge is -2.40. The lowest BCUT2D eigenvalue weighted by molar-refractivity contribution is -0.145. The van der Waals surface area contributed by atoms with Gasteiger partial charge < -0.3 is 15.3 Å². The Hall–Kier alpha value is -0.610. The summed E-state index contributed by atoms with van der Waals surface area (Å²) in [5, 5.41) is 12.8. The number of aliphatic hydroxyl groups excluding tert-OH is 1. The second-order valence-electron chi connectivity index (χ2n) is 5.79. The minimum absolute atomic E-state index is 0.0631. The van der Waals surface area contributed by atoms with Crippen LogP contribution < -0.4 is 5.32 Å². The van der Waals surface area contributed by atoms with Gasteiger partial charge in [-0.3, -0.25) is 4.79 Å². The number of amides is 1. The predicted molar refractivity (Wildman–Crippen MR) is 71.3 cm³/mol. The van der Waals surface area contributed by atoms with Gasteiger partial charge in [0, 0.05) is 13.1 Å².